The largest absolute Gasteiger partial charge is 0.497 e. The monoisotopic (exact) mass is 379 g/mol. The molecule has 26 heavy (non-hydrogen) atoms. The molecule has 0 unspecified atom stereocenters. The Morgan fingerprint density at radius 1 is 0.923 bits per heavy atom. The number of methoxy groups -OCH3 is 1. The van der Waals surface area contributed by atoms with Crippen molar-refractivity contribution in [3.05, 3.63) is 65.5 Å². The summed E-state index contributed by atoms with van der Waals surface area (Å²) in [4.78, 5) is 1.23. The molecule has 0 fully saturated rings. The fraction of sp³-hybridized carbons (Fsp3) is 0.100. The van der Waals surface area contributed by atoms with Crippen LogP contribution in [0, 0.1) is 6.92 Å². The Hall–Kier alpha value is -2.70. The van der Waals surface area contributed by atoms with Gasteiger partial charge in [0.05, 0.1) is 12.8 Å². The van der Waals surface area contributed by atoms with Crippen LogP contribution in [0.2, 0.25) is 0 Å². The van der Waals surface area contributed by atoms with E-state index in [0.717, 1.165) is 27.1 Å². The van der Waals surface area contributed by atoms with Crippen molar-refractivity contribution in [2.75, 3.05) is 12.4 Å². The molecule has 0 aliphatic carbocycles. The van der Waals surface area contributed by atoms with Gasteiger partial charge in [0.2, 0.25) is 5.13 Å². The van der Waals surface area contributed by atoms with Crippen molar-refractivity contribution >= 4 is 33.5 Å². The topological polar surface area (TPSA) is 47.0 Å². The highest BCUT2D eigenvalue weighted by atomic mass is 32.1. The van der Waals surface area contributed by atoms with Gasteiger partial charge in [-0.3, -0.25) is 0 Å². The van der Waals surface area contributed by atoms with Crippen LogP contribution < -0.4 is 10.1 Å². The van der Waals surface area contributed by atoms with Gasteiger partial charge in [0, 0.05) is 15.8 Å². The van der Waals surface area contributed by atoms with E-state index in [0.29, 0.717) is 0 Å². The van der Waals surface area contributed by atoms with Crippen LogP contribution in [0.1, 0.15) is 5.56 Å². The molecule has 0 saturated heterocycles. The maximum Gasteiger partial charge on any atom is 0.210 e. The van der Waals surface area contributed by atoms with Crippen molar-refractivity contribution < 1.29 is 4.74 Å². The Labute approximate surface area is 160 Å². The van der Waals surface area contributed by atoms with Gasteiger partial charge in [-0.1, -0.05) is 41.2 Å². The number of hydrogen-bond donors (Lipinski definition) is 1. The summed E-state index contributed by atoms with van der Waals surface area (Å²) < 4.78 is 5.19. The standard InChI is InChI=1S/C20H17N3OS2/c1-13-3-5-14(6-4-13)18-11-16(12-25-18)21-20-23-22-19(26-20)15-7-9-17(24-2)10-8-15/h3-12H,1-2H3,(H,21,23). The fourth-order valence-electron chi connectivity index (χ4n) is 2.52. The Morgan fingerprint density at radius 2 is 1.65 bits per heavy atom. The molecule has 4 rings (SSSR count). The summed E-state index contributed by atoms with van der Waals surface area (Å²) in [5, 5.41) is 15.6. The van der Waals surface area contributed by atoms with E-state index in [1.165, 1.54) is 27.3 Å². The number of anilines is 2. The van der Waals surface area contributed by atoms with E-state index >= 15 is 0 Å². The average Bonchev–Trinajstić information content (AvgIpc) is 3.33. The molecule has 0 spiro atoms. The van der Waals surface area contributed by atoms with Crippen molar-refractivity contribution in [3.8, 4) is 26.8 Å². The molecule has 0 aliphatic rings. The first kappa shape index (κ1) is 16.8. The van der Waals surface area contributed by atoms with Gasteiger partial charge in [-0.05, 0) is 42.8 Å². The zero-order valence-corrected chi connectivity index (χ0v) is 16.0. The summed E-state index contributed by atoms with van der Waals surface area (Å²) in [7, 11) is 1.66. The lowest BCUT2D eigenvalue weighted by Crippen LogP contribution is -1.86. The van der Waals surface area contributed by atoms with Crippen LogP contribution in [0.25, 0.3) is 21.0 Å². The van der Waals surface area contributed by atoms with Crippen LogP contribution >= 0.6 is 22.7 Å². The number of benzene rings is 2. The molecule has 130 valence electrons. The van der Waals surface area contributed by atoms with Crippen molar-refractivity contribution in [3.63, 3.8) is 0 Å². The molecule has 0 radical (unpaired) electrons. The van der Waals surface area contributed by atoms with Gasteiger partial charge in [-0.15, -0.1) is 21.5 Å². The summed E-state index contributed by atoms with van der Waals surface area (Å²) in [6.45, 7) is 2.10. The molecule has 0 saturated carbocycles. The fourth-order valence-corrected chi connectivity index (χ4v) is 4.14. The number of nitrogens with one attached hydrogen (secondary N) is 1. The van der Waals surface area contributed by atoms with Crippen LogP contribution in [-0.2, 0) is 0 Å². The molecular weight excluding hydrogens is 362 g/mol. The first-order valence-corrected chi connectivity index (χ1v) is 9.81. The second-order valence-corrected chi connectivity index (χ2v) is 7.72. The molecule has 4 nitrogen and oxygen atoms in total. The number of thiophene rings is 1. The number of aromatic nitrogens is 2. The van der Waals surface area contributed by atoms with Gasteiger partial charge >= 0.3 is 0 Å². The molecule has 6 heteroatoms. The smallest absolute Gasteiger partial charge is 0.210 e. The Kier molecular flexibility index (Phi) is 4.69. The third-order valence-electron chi connectivity index (χ3n) is 3.95. The van der Waals surface area contributed by atoms with Crippen molar-refractivity contribution in [2.45, 2.75) is 6.92 Å². The van der Waals surface area contributed by atoms with Gasteiger partial charge in [-0.25, -0.2) is 0 Å². The maximum atomic E-state index is 5.19. The van der Waals surface area contributed by atoms with Crippen LogP contribution in [0.4, 0.5) is 10.8 Å². The molecule has 2 aromatic carbocycles. The lowest BCUT2D eigenvalue weighted by molar-refractivity contribution is 0.415. The highest BCUT2D eigenvalue weighted by Gasteiger charge is 2.09. The second-order valence-electron chi connectivity index (χ2n) is 5.83. The first-order chi connectivity index (χ1) is 12.7. The number of nitrogens with zero attached hydrogens (tertiary/aromatic N) is 2. The summed E-state index contributed by atoms with van der Waals surface area (Å²) in [6, 6.07) is 18.5. The normalized spacial score (nSPS) is 10.7. The highest BCUT2D eigenvalue weighted by molar-refractivity contribution is 7.18. The molecule has 1 N–H and O–H groups in total. The van der Waals surface area contributed by atoms with Crippen LogP contribution in [-0.4, -0.2) is 17.3 Å². The number of rotatable bonds is 5. The summed E-state index contributed by atoms with van der Waals surface area (Å²) in [5.41, 5.74) is 4.55. The summed E-state index contributed by atoms with van der Waals surface area (Å²) >= 11 is 3.25. The lowest BCUT2D eigenvalue weighted by Gasteiger charge is -1.99. The van der Waals surface area contributed by atoms with E-state index in [1.54, 1.807) is 18.4 Å². The maximum absolute atomic E-state index is 5.19. The molecule has 4 aromatic rings. The van der Waals surface area contributed by atoms with Crippen LogP contribution in [0.15, 0.2) is 60.0 Å². The van der Waals surface area contributed by atoms with E-state index in [1.807, 2.05) is 24.3 Å². The van der Waals surface area contributed by atoms with E-state index in [2.05, 4.69) is 58.1 Å². The third-order valence-corrected chi connectivity index (χ3v) is 5.82. The van der Waals surface area contributed by atoms with Crippen LogP contribution in [0.5, 0.6) is 5.75 Å². The third kappa shape index (κ3) is 3.61. The van der Waals surface area contributed by atoms with Gasteiger partial charge in [0.1, 0.15) is 10.8 Å². The minimum Gasteiger partial charge on any atom is -0.497 e. The molecule has 2 aromatic heterocycles. The van der Waals surface area contributed by atoms with Crippen molar-refractivity contribution in [2.24, 2.45) is 0 Å². The summed E-state index contributed by atoms with van der Waals surface area (Å²) in [6.07, 6.45) is 0. The first-order valence-electron chi connectivity index (χ1n) is 8.12. The average molecular weight is 380 g/mol. The molecule has 0 atom stereocenters. The van der Waals surface area contributed by atoms with E-state index in [-0.39, 0.29) is 0 Å². The van der Waals surface area contributed by atoms with E-state index in [4.69, 9.17) is 4.74 Å². The van der Waals surface area contributed by atoms with Gasteiger partial charge in [0.15, 0.2) is 0 Å². The van der Waals surface area contributed by atoms with Gasteiger partial charge in [0.25, 0.3) is 0 Å². The highest BCUT2D eigenvalue weighted by Crippen LogP contribution is 2.34. The lowest BCUT2D eigenvalue weighted by atomic mass is 10.1. The molecule has 0 bridgehead atoms. The number of hydrogen-bond acceptors (Lipinski definition) is 6. The quantitative estimate of drug-likeness (QED) is 0.462. The zero-order valence-electron chi connectivity index (χ0n) is 14.4. The molecular formula is C20H17N3OS2. The van der Waals surface area contributed by atoms with Gasteiger partial charge < -0.3 is 10.1 Å². The summed E-state index contributed by atoms with van der Waals surface area (Å²) in [5.74, 6) is 0.832. The Bertz CT molecular complexity index is 1000. The van der Waals surface area contributed by atoms with Gasteiger partial charge in [-0.2, -0.15) is 0 Å². The Morgan fingerprint density at radius 3 is 2.38 bits per heavy atom. The molecule has 2 heterocycles. The molecule has 0 aliphatic heterocycles. The number of ether oxygens (including phenoxy) is 1. The predicted octanol–water partition coefficient (Wildman–Crippen LogP) is 5.99. The van der Waals surface area contributed by atoms with E-state index < -0.39 is 0 Å². The SMILES string of the molecule is COc1ccc(-c2nnc(Nc3csc(-c4ccc(C)cc4)c3)s2)cc1. The van der Waals surface area contributed by atoms with Crippen molar-refractivity contribution in [1.82, 2.24) is 10.2 Å². The Balaban J connectivity index is 1.49. The molecule has 0 amide bonds. The minimum atomic E-state index is 0.782. The minimum absolute atomic E-state index is 0.782. The van der Waals surface area contributed by atoms with E-state index in [9.17, 15) is 0 Å². The predicted molar refractivity (Wildman–Crippen MR) is 110 cm³/mol. The second kappa shape index (κ2) is 7.27. The number of aryl methyl sites for hydroxylation is 1. The zero-order chi connectivity index (χ0) is 17.9. The van der Waals surface area contributed by atoms with Crippen molar-refractivity contribution in [1.29, 1.82) is 0 Å². The van der Waals surface area contributed by atoms with Crippen LogP contribution in [0.3, 0.4) is 0 Å².